The van der Waals surface area contributed by atoms with Gasteiger partial charge in [0, 0.05) is 44.2 Å². The Morgan fingerprint density at radius 2 is 2.26 bits per heavy atom. The predicted molar refractivity (Wildman–Crippen MR) is 107 cm³/mol. The van der Waals surface area contributed by atoms with Crippen molar-refractivity contribution in [2.24, 2.45) is 5.92 Å². The van der Waals surface area contributed by atoms with E-state index in [1.165, 1.54) is 0 Å². The minimum atomic E-state index is -0.758. The van der Waals surface area contributed by atoms with Crippen LogP contribution in [0.3, 0.4) is 0 Å². The molecule has 0 saturated carbocycles. The number of anilines is 1. The van der Waals surface area contributed by atoms with Crippen LogP contribution in [0, 0.1) is 5.92 Å². The van der Waals surface area contributed by atoms with Crippen LogP contribution in [-0.4, -0.2) is 53.2 Å². The lowest BCUT2D eigenvalue weighted by molar-refractivity contribution is -0.131. The summed E-state index contributed by atoms with van der Waals surface area (Å²) in [5.74, 6) is 0.393. The Hall–Kier alpha value is -1.79. The summed E-state index contributed by atoms with van der Waals surface area (Å²) in [4.78, 5) is 20.9. The highest BCUT2D eigenvalue weighted by Gasteiger charge is 2.26. The van der Waals surface area contributed by atoms with Gasteiger partial charge in [-0.1, -0.05) is 11.6 Å². The van der Waals surface area contributed by atoms with Crippen molar-refractivity contribution < 1.29 is 14.3 Å². The quantitative estimate of drug-likeness (QED) is 0.810. The van der Waals surface area contributed by atoms with Crippen LogP contribution in [0.25, 0.3) is 11.1 Å². The number of halogens is 1. The number of fused-ring (bicyclic) bond motifs is 1. The average molecular weight is 394 g/mol. The highest BCUT2D eigenvalue weighted by Crippen LogP contribution is 2.29. The molecule has 0 spiro atoms. The lowest BCUT2D eigenvalue weighted by atomic mass is 9.94. The molecule has 0 bridgehead atoms. The second kappa shape index (κ2) is 8.07. The van der Waals surface area contributed by atoms with Gasteiger partial charge in [0.15, 0.2) is 5.58 Å². The van der Waals surface area contributed by atoms with Crippen molar-refractivity contribution in [3.63, 3.8) is 0 Å². The summed E-state index contributed by atoms with van der Waals surface area (Å²) in [5, 5.41) is 10.5. The van der Waals surface area contributed by atoms with Crippen LogP contribution in [0.5, 0.6) is 0 Å². The molecule has 1 atom stereocenters. The predicted octanol–water partition coefficient (Wildman–Crippen LogP) is 3.71. The molecular formula is C20H28ClN3O3. The third-order valence-corrected chi connectivity index (χ3v) is 5.31. The first kappa shape index (κ1) is 20.0. The van der Waals surface area contributed by atoms with Crippen LogP contribution in [-0.2, 0) is 4.79 Å². The molecule has 1 N–H and O–H groups in total. The summed E-state index contributed by atoms with van der Waals surface area (Å²) < 4.78 is 5.87. The van der Waals surface area contributed by atoms with E-state index in [1.54, 1.807) is 37.9 Å². The van der Waals surface area contributed by atoms with E-state index in [0.717, 1.165) is 31.4 Å². The van der Waals surface area contributed by atoms with E-state index in [1.807, 2.05) is 6.07 Å². The summed E-state index contributed by atoms with van der Waals surface area (Å²) in [7, 11) is 1.80. The van der Waals surface area contributed by atoms with Crippen molar-refractivity contribution >= 4 is 34.6 Å². The first-order valence-corrected chi connectivity index (χ1v) is 9.86. The van der Waals surface area contributed by atoms with E-state index in [0.29, 0.717) is 36.0 Å². The van der Waals surface area contributed by atoms with E-state index >= 15 is 0 Å². The zero-order valence-corrected chi connectivity index (χ0v) is 17.0. The van der Waals surface area contributed by atoms with Gasteiger partial charge in [-0.15, -0.1) is 0 Å². The molecule has 0 radical (unpaired) electrons. The average Bonchev–Trinajstić information content (AvgIpc) is 3.02. The lowest BCUT2D eigenvalue weighted by Gasteiger charge is -2.32. The minimum Gasteiger partial charge on any atom is -0.423 e. The summed E-state index contributed by atoms with van der Waals surface area (Å²) in [6.45, 7) is 5.71. The fourth-order valence-corrected chi connectivity index (χ4v) is 3.56. The number of aromatic nitrogens is 1. The zero-order valence-electron chi connectivity index (χ0n) is 16.2. The maximum absolute atomic E-state index is 12.5. The second-order valence-corrected chi connectivity index (χ2v) is 8.58. The monoisotopic (exact) mass is 393 g/mol. The van der Waals surface area contributed by atoms with Crippen molar-refractivity contribution in [3.05, 3.63) is 23.2 Å². The standard InChI is InChI=1S/C20H28ClN3O3/c1-20(2,26)8-10-23(3)18(25)11-14-5-4-9-24(13-14)19-22-16-7-6-15(21)12-17(16)27-19/h6-7,12,14,26H,4-5,8-11,13H2,1-3H3. The Bertz CT molecular complexity index is 799. The molecule has 0 aliphatic carbocycles. The van der Waals surface area contributed by atoms with E-state index in [2.05, 4.69) is 9.88 Å². The molecule has 3 rings (SSSR count). The number of aliphatic hydroxyl groups is 1. The SMILES string of the molecule is CN(CCC(C)(C)O)C(=O)CC1CCCN(c2nc3ccc(Cl)cc3o2)C1. The largest absolute Gasteiger partial charge is 0.423 e. The molecule has 2 heterocycles. The normalized spacial score (nSPS) is 18.1. The van der Waals surface area contributed by atoms with Gasteiger partial charge in [-0.05, 0) is 51.2 Å². The number of nitrogens with zero attached hydrogens (tertiary/aromatic N) is 3. The molecule has 27 heavy (non-hydrogen) atoms. The molecule has 7 heteroatoms. The van der Waals surface area contributed by atoms with Crippen LogP contribution < -0.4 is 4.90 Å². The number of hydrogen-bond acceptors (Lipinski definition) is 5. The minimum absolute atomic E-state index is 0.121. The summed E-state index contributed by atoms with van der Waals surface area (Å²) in [5.41, 5.74) is 0.715. The third-order valence-electron chi connectivity index (χ3n) is 5.08. The van der Waals surface area contributed by atoms with Crippen molar-refractivity contribution in [2.45, 2.75) is 45.1 Å². The fraction of sp³-hybridized carbons (Fsp3) is 0.600. The molecule has 1 amide bonds. The van der Waals surface area contributed by atoms with Crippen molar-refractivity contribution in [3.8, 4) is 0 Å². The topological polar surface area (TPSA) is 69.8 Å². The van der Waals surface area contributed by atoms with Gasteiger partial charge in [-0.2, -0.15) is 4.98 Å². The van der Waals surface area contributed by atoms with Gasteiger partial charge in [0.05, 0.1) is 5.60 Å². The van der Waals surface area contributed by atoms with Crippen molar-refractivity contribution in [1.29, 1.82) is 0 Å². The van der Waals surface area contributed by atoms with Gasteiger partial charge in [0.1, 0.15) is 5.52 Å². The number of carbonyl (C=O) groups excluding carboxylic acids is 1. The van der Waals surface area contributed by atoms with Crippen LogP contribution >= 0.6 is 11.6 Å². The van der Waals surface area contributed by atoms with Gasteiger partial charge in [0.25, 0.3) is 6.01 Å². The maximum Gasteiger partial charge on any atom is 0.298 e. The molecule has 1 aromatic carbocycles. The number of oxazole rings is 1. The van der Waals surface area contributed by atoms with Crippen molar-refractivity contribution in [2.75, 3.05) is 31.6 Å². The molecule has 1 unspecified atom stereocenters. The van der Waals surface area contributed by atoms with E-state index in [-0.39, 0.29) is 11.8 Å². The second-order valence-electron chi connectivity index (χ2n) is 8.14. The molecule has 1 saturated heterocycles. The van der Waals surface area contributed by atoms with E-state index in [9.17, 15) is 9.90 Å². The Labute approximate surface area is 165 Å². The van der Waals surface area contributed by atoms with Crippen LogP contribution in [0.1, 0.15) is 39.5 Å². The zero-order chi connectivity index (χ0) is 19.6. The Kier molecular flexibility index (Phi) is 5.96. The molecular weight excluding hydrogens is 366 g/mol. The highest BCUT2D eigenvalue weighted by atomic mass is 35.5. The molecule has 1 aliphatic rings. The van der Waals surface area contributed by atoms with Crippen LogP contribution in [0.2, 0.25) is 5.02 Å². The smallest absolute Gasteiger partial charge is 0.298 e. The lowest BCUT2D eigenvalue weighted by Crippen LogP contribution is -2.39. The van der Waals surface area contributed by atoms with Crippen molar-refractivity contribution in [1.82, 2.24) is 9.88 Å². The number of rotatable bonds is 6. The molecule has 6 nitrogen and oxygen atoms in total. The highest BCUT2D eigenvalue weighted by molar-refractivity contribution is 6.31. The summed E-state index contributed by atoms with van der Waals surface area (Å²) in [6, 6.07) is 6.03. The molecule has 1 aliphatic heterocycles. The molecule has 148 valence electrons. The van der Waals surface area contributed by atoms with Gasteiger partial charge in [0.2, 0.25) is 5.91 Å². The Morgan fingerprint density at radius 1 is 1.48 bits per heavy atom. The van der Waals surface area contributed by atoms with Gasteiger partial charge >= 0.3 is 0 Å². The number of hydrogen-bond donors (Lipinski definition) is 1. The van der Waals surface area contributed by atoms with Crippen LogP contribution in [0.15, 0.2) is 22.6 Å². The molecule has 1 aromatic heterocycles. The fourth-order valence-electron chi connectivity index (χ4n) is 3.40. The molecule has 2 aromatic rings. The summed E-state index contributed by atoms with van der Waals surface area (Å²) in [6.07, 6.45) is 3.10. The maximum atomic E-state index is 12.5. The first-order valence-electron chi connectivity index (χ1n) is 9.49. The Morgan fingerprint density at radius 3 is 3.00 bits per heavy atom. The van der Waals surface area contributed by atoms with Crippen LogP contribution in [0.4, 0.5) is 6.01 Å². The van der Waals surface area contributed by atoms with Gasteiger partial charge in [-0.3, -0.25) is 4.79 Å². The van der Waals surface area contributed by atoms with Gasteiger partial charge in [-0.25, -0.2) is 0 Å². The number of benzene rings is 1. The first-order chi connectivity index (χ1) is 12.7. The molecule has 1 fully saturated rings. The number of amides is 1. The van der Waals surface area contributed by atoms with E-state index < -0.39 is 5.60 Å². The number of piperidine rings is 1. The Balaban J connectivity index is 1.59. The van der Waals surface area contributed by atoms with E-state index in [4.69, 9.17) is 16.0 Å². The third kappa shape index (κ3) is 5.36. The van der Waals surface area contributed by atoms with Gasteiger partial charge < -0.3 is 19.3 Å². The number of carbonyl (C=O) groups is 1. The summed E-state index contributed by atoms with van der Waals surface area (Å²) >= 11 is 6.02.